The van der Waals surface area contributed by atoms with Crippen LogP contribution in [0.15, 0.2) is 72.8 Å². The lowest BCUT2D eigenvalue weighted by Gasteiger charge is -2.26. The molecule has 0 bridgehead atoms. The molecule has 8 heteroatoms. The fraction of sp³-hybridized carbons (Fsp3) is 0.364. The second kappa shape index (κ2) is 18.3. The number of hydrogen-bond donors (Lipinski definition) is 4. The zero-order valence-electron chi connectivity index (χ0n) is 32.0. The van der Waals surface area contributed by atoms with Gasteiger partial charge in [0.1, 0.15) is 0 Å². The van der Waals surface area contributed by atoms with E-state index in [0.717, 1.165) is 70.2 Å². The Morgan fingerprint density at radius 2 is 0.673 bits per heavy atom. The molecule has 0 spiro atoms. The molecule has 4 amide bonds. The summed E-state index contributed by atoms with van der Waals surface area (Å²) in [6.07, 6.45) is 2.75. The highest BCUT2D eigenvalue weighted by Gasteiger charge is 2.38. The zero-order chi connectivity index (χ0) is 37.9. The molecule has 2 atom stereocenters. The predicted octanol–water partition coefficient (Wildman–Crippen LogP) is 9.04. The van der Waals surface area contributed by atoms with Crippen molar-refractivity contribution >= 4 is 46.4 Å². The van der Waals surface area contributed by atoms with Crippen LogP contribution < -0.4 is 21.3 Å². The molecule has 0 saturated carbocycles. The number of aryl methyl sites for hydroxylation is 8. The van der Waals surface area contributed by atoms with Crippen molar-refractivity contribution in [2.45, 2.75) is 93.9 Å². The van der Waals surface area contributed by atoms with Crippen molar-refractivity contribution < 1.29 is 19.2 Å². The average molecular weight is 703 g/mol. The number of benzene rings is 4. The van der Waals surface area contributed by atoms with Crippen LogP contribution in [0.5, 0.6) is 0 Å². The highest BCUT2D eigenvalue weighted by Crippen LogP contribution is 2.29. The molecule has 0 radical (unpaired) electrons. The van der Waals surface area contributed by atoms with Gasteiger partial charge in [0.05, 0.1) is 11.8 Å². The van der Waals surface area contributed by atoms with Crippen molar-refractivity contribution in [3.63, 3.8) is 0 Å². The van der Waals surface area contributed by atoms with Crippen LogP contribution >= 0.6 is 0 Å². The summed E-state index contributed by atoms with van der Waals surface area (Å²) in [6.45, 7) is 15.9. The van der Waals surface area contributed by atoms with E-state index >= 15 is 0 Å². The molecule has 274 valence electrons. The summed E-state index contributed by atoms with van der Waals surface area (Å²) in [4.78, 5) is 56.3. The van der Waals surface area contributed by atoms with E-state index in [-0.39, 0.29) is 12.8 Å². The van der Waals surface area contributed by atoms with E-state index in [1.54, 1.807) is 0 Å². The molecule has 4 aromatic carbocycles. The molecule has 0 aliphatic carbocycles. The monoisotopic (exact) mass is 702 g/mol. The molecule has 0 saturated heterocycles. The summed E-state index contributed by atoms with van der Waals surface area (Å²) in [5, 5.41) is 11.9. The Bertz CT molecular complexity index is 1790. The molecule has 0 aromatic heterocycles. The summed E-state index contributed by atoms with van der Waals surface area (Å²) < 4.78 is 0. The minimum atomic E-state index is -1.19. The van der Waals surface area contributed by atoms with Crippen molar-refractivity contribution in [1.29, 1.82) is 0 Å². The van der Waals surface area contributed by atoms with Crippen LogP contribution in [-0.2, 0) is 44.9 Å². The molecule has 0 aliphatic rings. The van der Waals surface area contributed by atoms with Gasteiger partial charge >= 0.3 is 0 Å². The Balaban J connectivity index is 1.73. The van der Waals surface area contributed by atoms with Crippen LogP contribution in [0, 0.1) is 39.5 Å². The first-order valence-electron chi connectivity index (χ1n) is 18.4. The molecule has 4 aromatic rings. The lowest BCUT2D eigenvalue weighted by molar-refractivity contribution is -0.134. The lowest BCUT2D eigenvalue weighted by Crippen LogP contribution is -2.41. The van der Waals surface area contributed by atoms with E-state index < -0.39 is 35.5 Å². The largest absolute Gasteiger partial charge is 0.326 e. The Morgan fingerprint density at radius 1 is 0.423 bits per heavy atom. The molecule has 4 N–H and O–H groups in total. The second-order valence-corrected chi connectivity index (χ2v) is 13.7. The summed E-state index contributed by atoms with van der Waals surface area (Å²) in [5.74, 6) is -4.28. The number of carbonyl (C=O) groups is 4. The van der Waals surface area contributed by atoms with Crippen molar-refractivity contribution in [2.75, 3.05) is 21.3 Å². The van der Waals surface area contributed by atoms with Gasteiger partial charge in [-0.05, 0) is 122 Å². The maximum absolute atomic E-state index is 14.4. The number of anilines is 4. The van der Waals surface area contributed by atoms with Gasteiger partial charge in [0.15, 0.2) is 0 Å². The first-order chi connectivity index (χ1) is 24.8. The van der Waals surface area contributed by atoms with Crippen molar-refractivity contribution in [2.24, 2.45) is 11.8 Å². The van der Waals surface area contributed by atoms with E-state index in [9.17, 15) is 19.2 Å². The highest BCUT2D eigenvalue weighted by atomic mass is 16.2. The molecule has 52 heavy (non-hydrogen) atoms. The third-order valence-corrected chi connectivity index (χ3v) is 9.83. The zero-order valence-corrected chi connectivity index (χ0v) is 32.0. The predicted molar refractivity (Wildman–Crippen MR) is 213 cm³/mol. The minimum absolute atomic E-state index is 0.323. The number of amides is 4. The molecule has 4 rings (SSSR count). The van der Waals surface area contributed by atoms with Crippen LogP contribution in [0.25, 0.3) is 0 Å². The minimum Gasteiger partial charge on any atom is -0.326 e. The van der Waals surface area contributed by atoms with Crippen molar-refractivity contribution in [3.8, 4) is 0 Å². The normalized spacial score (nSPS) is 12.1. The summed E-state index contributed by atoms with van der Waals surface area (Å²) >= 11 is 0. The van der Waals surface area contributed by atoms with Crippen LogP contribution in [0.1, 0.15) is 85.0 Å². The Morgan fingerprint density at radius 3 is 0.904 bits per heavy atom. The van der Waals surface area contributed by atoms with Gasteiger partial charge in [-0.2, -0.15) is 0 Å². The summed E-state index contributed by atoms with van der Waals surface area (Å²) in [5.41, 5.74) is 10.5. The topological polar surface area (TPSA) is 116 Å². The van der Waals surface area contributed by atoms with Gasteiger partial charge in [0.25, 0.3) is 0 Å². The molecule has 2 unspecified atom stereocenters. The van der Waals surface area contributed by atoms with E-state index in [0.29, 0.717) is 22.7 Å². The number of nitrogens with one attached hydrogen (secondary N) is 4. The lowest BCUT2D eigenvalue weighted by atomic mass is 9.84. The quantitative estimate of drug-likeness (QED) is 0.0989. The van der Waals surface area contributed by atoms with Crippen LogP contribution in [0.4, 0.5) is 22.7 Å². The molecular formula is C44H54N4O4. The van der Waals surface area contributed by atoms with Crippen LogP contribution in [0.3, 0.4) is 0 Å². The first kappa shape index (κ1) is 39.5. The van der Waals surface area contributed by atoms with Gasteiger partial charge in [-0.3, -0.25) is 19.2 Å². The standard InChI is InChI=1S/C44H54N4O4/c1-9-31-13-17-37(27(5)21-31)45-41(49)25-35(43(51)47-39-19-15-33(11-3)23-29(39)7)36(44(52)48-40-20-16-34(12-4)24-30(40)8)26-42(50)46-38-18-14-32(10-2)22-28(38)6/h13-24,35-36H,9-12,25-26H2,1-8H3,(H,45,49)(H,46,50)(H,47,51)(H,48,52). The van der Waals surface area contributed by atoms with Gasteiger partial charge in [0.2, 0.25) is 23.6 Å². The van der Waals surface area contributed by atoms with E-state index in [1.807, 2.05) is 100 Å². The summed E-state index contributed by atoms with van der Waals surface area (Å²) in [7, 11) is 0. The highest BCUT2D eigenvalue weighted by molar-refractivity contribution is 6.05. The number of hydrogen-bond acceptors (Lipinski definition) is 4. The van der Waals surface area contributed by atoms with Gasteiger partial charge in [-0.1, -0.05) is 76.2 Å². The second-order valence-electron chi connectivity index (χ2n) is 13.7. The Kier molecular flexibility index (Phi) is 13.9. The van der Waals surface area contributed by atoms with Crippen molar-refractivity contribution in [3.05, 3.63) is 117 Å². The number of rotatable bonds is 15. The first-order valence-corrected chi connectivity index (χ1v) is 18.4. The van der Waals surface area contributed by atoms with Gasteiger partial charge in [0, 0.05) is 35.6 Å². The van der Waals surface area contributed by atoms with Crippen molar-refractivity contribution in [1.82, 2.24) is 0 Å². The third-order valence-electron chi connectivity index (χ3n) is 9.83. The molecule has 0 heterocycles. The average Bonchev–Trinajstić information content (AvgIpc) is 3.12. The van der Waals surface area contributed by atoms with E-state index in [1.165, 1.54) is 0 Å². The maximum Gasteiger partial charge on any atom is 0.228 e. The molecule has 8 nitrogen and oxygen atoms in total. The fourth-order valence-electron chi connectivity index (χ4n) is 6.43. The van der Waals surface area contributed by atoms with E-state index in [2.05, 4.69) is 49.0 Å². The van der Waals surface area contributed by atoms with Gasteiger partial charge in [-0.15, -0.1) is 0 Å². The third kappa shape index (κ3) is 10.4. The summed E-state index contributed by atoms with van der Waals surface area (Å²) in [6, 6.07) is 23.2. The fourth-order valence-corrected chi connectivity index (χ4v) is 6.43. The SMILES string of the molecule is CCc1ccc(NC(=O)CC(C(=O)Nc2ccc(CC)cc2C)C(CC(=O)Nc2ccc(CC)cc2C)C(=O)Nc2ccc(CC)cc2C)c(C)c1. The smallest absolute Gasteiger partial charge is 0.228 e. The molecule has 0 fully saturated rings. The maximum atomic E-state index is 14.4. The van der Waals surface area contributed by atoms with Gasteiger partial charge < -0.3 is 21.3 Å². The van der Waals surface area contributed by atoms with Gasteiger partial charge in [-0.25, -0.2) is 0 Å². The number of carbonyl (C=O) groups excluding carboxylic acids is 4. The van der Waals surface area contributed by atoms with Crippen LogP contribution in [0.2, 0.25) is 0 Å². The molecular weight excluding hydrogens is 649 g/mol. The Hall–Kier alpha value is -5.24. The molecule has 0 aliphatic heterocycles. The Labute approximate surface area is 309 Å². The van der Waals surface area contributed by atoms with Crippen LogP contribution in [-0.4, -0.2) is 23.6 Å². The van der Waals surface area contributed by atoms with E-state index in [4.69, 9.17) is 0 Å².